The van der Waals surface area contributed by atoms with Crippen molar-refractivity contribution in [1.29, 1.82) is 0 Å². The summed E-state index contributed by atoms with van der Waals surface area (Å²) in [5, 5.41) is 3.43. The van der Waals surface area contributed by atoms with Crippen molar-refractivity contribution in [3.63, 3.8) is 0 Å². The molecule has 1 aliphatic heterocycles. The van der Waals surface area contributed by atoms with Crippen LogP contribution in [0.1, 0.15) is 25.8 Å². The molecule has 2 rings (SSSR count). The van der Waals surface area contributed by atoms with E-state index in [9.17, 15) is 13.6 Å². The first-order valence-corrected chi connectivity index (χ1v) is 7.46. The first-order chi connectivity index (χ1) is 10.0. The summed E-state index contributed by atoms with van der Waals surface area (Å²) >= 11 is 0. The van der Waals surface area contributed by atoms with Crippen LogP contribution in [0.25, 0.3) is 0 Å². The van der Waals surface area contributed by atoms with Crippen molar-refractivity contribution < 1.29 is 13.6 Å². The molecule has 3 nitrogen and oxygen atoms in total. The van der Waals surface area contributed by atoms with Gasteiger partial charge in [-0.25, -0.2) is 8.78 Å². The number of carbonyl (C=O) groups is 1. The maximum absolute atomic E-state index is 13.2. The van der Waals surface area contributed by atoms with Crippen LogP contribution in [-0.2, 0) is 11.2 Å². The van der Waals surface area contributed by atoms with Crippen molar-refractivity contribution in [3.05, 3.63) is 35.4 Å². The average Bonchev–Trinajstić information content (AvgIpc) is 2.45. The second-order valence-electron chi connectivity index (χ2n) is 5.70. The van der Waals surface area contributed by atoms with Crippen LogP contribution >= 0.6 is 0 Å². The first-order valence-electron chi connectivity index (χ1n) is 7.46. The van der Waals surface area contributed by atoms with Crippen LogP contribution in [0, 0.1) is 17.6 Å². The molecule has 0 aromatic heterocycles. The third-order valence-corrected chi connectivity index (χ3v) is 4.06. The van der Waals surface area contributed by atoms with Crippen LogP contribution in [0.5, 0.6) is 0 Å². The van der Waals surface area contributed by atoms with Crippen LogP contribution < -0.4 is 5.32 Å². The van der Waals surface area contributed by atoms with E-state index in [1.54, 1.807) is 0 Å². The molecule has 116 valence electrons. The maximum Gasteiger partial charge on any atom is 0.227 e. The highest BCUT2D eigenvalue weighted by atomic mass is 19.2. The number of nitrogens with zero attached hydrogens (tertiary/aromatic N) is 1. The van der Waals surface area contributed by atoms with Gasteiger partial charge in [0.1, 0.15) is 0 Å². The third-order valence-electron chi connectivity index (χ3n) is 4.06. The fourth-order valence-corrected chi connectivity index (χ4v) is 2.87. The van der Waals surface area contributed by atoms with Crippen molar-refractivity contribution in [2.75, 3.05) is 19.6 Å². The van der Waals surface area contributed by atoms with Gasteiger partial charge in [-0.15, -0.1) is 0 Å². The fourth-order valence-electron chi connectivity index (χ4n) is 2.87. The molecule has 21 heavy (non-hydrogen) atoms. The largest absolute Gasteiger partial charge is 0.342 e. The summed E-state index contributed by atoms with van der Waals surface area (Å²) in [5.74, 6) is -1.42. The molecule has 1 aliphatic rings. The molecule has 1 aromatic carbocycles. The maximum atomic E-state index is 13.2. The topological polar surface area (TPSA) is 32.3 Å². The molecular formula is C16H22F2N2O. The standard InChI is InChI=1S/C16H22F2N2O/c1-3-19-15-6-7-20(10-11(15)2)16(21)9-12-4-5-13(17)14(18)8-12/h4-5,8,11,15,19H,3,6-7,9-10H2,1-2H3. The third kappa shape index (κ3) is 4.00. The molecular weight excluding hydrogens is 274 g/mol. The number of likely N-dealkylation sites (tertiary alicyclic amines) is 1. The molecule has 5 heteroatoms. The highest BCUT2D eigenvalue weighted by Crippen LogP contribution is 2.18. The second-order valence-corrected chi connectivity index (χ2v) is 5.70. The number of carbonyl (C=O) groups excluding carboxylic acids is 1. The van der Waals surface area contributed by atoms with E-state index in [1.165, 1.54) is 6.07 Å². The molecule has 0 saturated carbocycles. The van der Waals surface area contributed by atoms with Gasteiger partial charge in [-0.2, -0.15) is 0 Å². The number of nitrogens with one attached hydrogen (secondary N) is 1. The smallest absolute Gasteiger partial charge is 0.227 e. The molecule has 1 N–H and O–H groups in total. The van der Waals surface area contributed by atoms with Gasteiger partial charge >= 0.3 is 0 Å². The summed E-state index contributed by atoms with van der Waals surface area (Å²) in [7, 11) is 0. The van der Waals surface area contributed by atoms with Crippen LogP contribution in [0.15, 0.2) is 18.2 Å². The predicted octanol–water partition coefficient (Wildman–Crippen LogP) is 2.35. The Balaban J connectivity index is 1.93. The number of rotatable bonds is 4. The van der Waals surface area contributed by atoms with Crippen molar-refractivity contribution >= 4 is 5.91 Å². The van der Waals surface area contributed by atoms with Gasteiger partial charge in [-0.3, -0.25) is 4.79 Å². The molecule has 1 aromatic rings. The Bertz CT molecular complexity index is 507. The van der Waals surface area contributed by atoms with E-state index in [4.69, 9.17) is 0 Å². The summed E-state index contributed by atoms with van der Waals surface area (Å²) in [6.07, 6.45) is 1.05. The minimum atomic E-state index is -0.903. The van der Waals surface area contributed by atoms with Crippen molar-refractivity contribution in [3.8, 4) is 0 Å². The van der Waals surface area contributed by atoms with Gasteiger partial charge < -0.3 is 10.2 Å². The molecule has 1 amide bonds. The Morgan fingerprint density at radius 2 is 2.14 bits per heavy atom. The zero-order valence-electron chi connectivity index (χ0n) is 12.5. The lowest BCUT2D eigenvalue weighted by atomic mass is 9.93. The van der Waals surface area contributed by atoms with Crippen molar-refractivity contribution in [1.82, 2.24) is 10.2 Å². The Labute approximate surface area is 124 Å². The summed E-state index contributed by atoms with van der Waals surface area (Å²) in [6, 6.07) is 4.08. The fraction of sp³-hybridized carbons (Fsp3) is 0.562. The van der Waals surface area contributed by atoms with Gasteiger partial charge in [0, 0.05) is 19.1 Å². The number of hydrogen-bond acceptors (Lipinski definition) is 2. The van der Waals surface area contributed by atoms with E-state index in [-0.39, 0.29) is 12.3 Å². The molecule has 1 heterocycles. The van der Waals surface area contributed by atoms with Crippen LogP contribution in [-0.4, -0.2) is 36.5 Å². The number of halogens is 2. The minimum Gasteiger partial charge on any atom is -0.342 e. The first kappa shape index (κ1) is 15.9. The Morgan fingerprint density at radius 3 is 2.76 bits per heavy atom. The minimum absolute atomic E-state index is 0.0252. The molecule has 0 bridgehead atoms. The van der Waals surface area contributed by atoms with E-state index in [1.807, 2.05) is 4.90 Å². The normalized spacial score (nSPS) is 22.4. The number of piperidine rings is 1. The molecule has 2 unspecified atom stereocenters. The van der Waals surface area contributed by atoms with Gasteiger partial charge in [0.2, 0.25) is 5.91 Å². The predicted molar refractivity (Wildman–Crippen MR) is 77.9 cm³/mol. The highest BCUT2D eigenvalue weighted by Gasteiger charge is 2.27. The van der Waals surface area contributed by atoms with E-state index >= 15 is 0 Å². The van der Waals surface area contributed by atoms with Crippen LogP contribution in [0.2, 0.25) is 0 Å². The molecule has 1 fully saturated rings. The molecule has 2 atom stereocenters. The number of hydrogen-bond donors (Lipinski definition) is 1. The van der Waals surface area contributed by atoms with E-state index < -0.39 is 11.6 Å². The van der Waals surface area contributed by atoms with Gasteiger partial charge in [0.25, 0.3) is 0 Å². The van der Waals surface area contributed by atoms with Gasteiger partial charge in [-0.1, -0.05) is 19.9 Å². The van der Waals surface area contributed by atoms with Crippen LogP contribution in [0.4, 0.5) is 8.78 Å². The zero-order valence-corrected chi connectivity index (χ0v) is 12.5. The van der Waals surface area contributed by atoms with E-state index in [2.05, 4.69) is 19.2 Å². The summed E-state index contributed by atoms with van der Waals surface area (Å²) in [5.41, 5.74) is 0.514. The zero-order chi connectivity index (χ0) is 15.4. The number of benzene rings is 1. The SMILES string of the molecule is CCNC1CCN(C(=O)Cc2ccc(F)c(F)c2)CC1C. The summed E-state index contributed by atoms with van der Waals surface area (Å²) in [4.78, 5) is 14.1. The molecule has 0 radical (unpaired) electrons. The van der Waals surface area contributed by atoms with Crippen LogP contribution in [0.3, 0.4) is 0 Å². The lowest BCUT2D eigenvalue weighted by molar-refractivity contribution is -0.132. The molecule has 0 aliphatic carbocycles. The number of amides is 1. The lowest BCUT2D eigenvalue weighted by Crippen LogP contribution is -2.50. The highest BCUT2D eigenvalue weighted by molar-refractivity contribution is 5.78. The monoisotopic (exact) mass is 296 g/mol. The summed E-state index contributed by atoms with van der Waals surface area (Å²) in [6.45, 7) is 6.56. The van der Waals surface area contributed by atoms with E-state index in [0.29, 0.717) is 30.6 Å². The molecule has 0 spiro atoms. The Kier molecular flexibility index (Phi) is 5.28. The molecule has 1 saturated heterocycles. The van der Waals surface area contributed by atoms with Gasteiger partial charge in [0.15, 0.2) is 11.6 Å². The lowest BCUT2D eigenvalue weighted by Gasteiger charge is -2.37. The van der Waals surface area contributed by atoms with Gasteiger partial charge in [-0.05, 0) is 36.6 Å². The van der Waals surface area contributed by atoms with Gasteiger partial charge in [0.05, 0.1) is 6.42 Å². The summed E-state index contributed by atoms with van der Waals surface area (Å²) < 4.78 is 26.0. The average molecular weight is 296 g/mol. The quantitative estimate of drug-likeness (QED) is 0.925. The second kappa shape index (κ2) is 6.98. The Morgan fingerprint density at radius 1 is 1.38 bits per heavy atom. The van der Waals surface area contributed by atoms with E-state index in [0.717, 1.165) is 25.1 Å². The van der Waals surface area contributed by atoms with Crippen molar-refractivity contribution in [2.24, 2.45) is 5.92 Å². The van der Waals surface area contributed by atoms with Crippen molar-refractivity contribution in [2.45, 2.75) is 32.7 Å². The Hall–Kier alpha value is -1.49.